The molecule has 4 rings (SSSR count). The third-order valence-corrected chi connectivity index (χ3v) is 5.62. The van der Waals surface area contributed by atoms with E-state index in [9.17, 15) is 22.8 Å². The molecule has 0 bridgehead atoms. The zero-order valence-electron chi connectivity index (χ0n) is 16.9. The van der Waals surface area contributed by atoms with Gasteiger partial charge in [-0.15, -0.1) is 11.3 Å². The highest BCUT2D eigenvalue weighted by Gasteiger charge is 2.30. The van der Waals surface area contributed by atoms with E-state index < -0.39 is 23.7 Å². The third kappa shape index (κ3) is 5.44. The van der Waals surface area contributed by atoms with Crippen molar-refractivity contribution in [3.63, 3.8) is 0 Å². The molecule has 0 saturated carbocycles. The summed E-state index contributed by atoms with van der Waals surface area (Å²) in [5.74, 6) is -1.69. The number of alkyl halides is 3. The highest BCUT2D eigenvalue weighted by Crippen LogP contribution is 2.34. The largest absolute Gasteiger partial charge is 0.481 e. The van der Waals surface area contributed by atoms with Gasteiger partial charge in [-0.1, -0.05) is 25.1 Å². The number of aromatic nitrogens is 2. The second-order valence-corrected chi connectivity index (χ2v) is 8.02. The van der Waals surface area contributed by atoms with Crippen LogP contribution in [0.25, 0.3) is 21.1 Å². The van der Waals surface area contributed by atoms with Gasteiger partial charge in [-0.25, -0.2) is 4.98 Å². The molecule has 0 amide bonds. The van der Waals surface area contributed by atoms with Crippen molar-refractivity contribution in [3.8, 4) is 0 Å². The first-order valence-corrected chi connectivity index (χ1v) is 10.4. The summed E-state index contributed by atoms with van der Waals surface area (Å²) in [5, 5.41) is 18.4. The monoisotopic (exact) mass is 464 g/mol. The van der Waals surface area contributed by atoms with E-state index in [2.05, 4.69) is 4.98 Å². The van der Waals surface area contributed by atoms with Gasteiger partial charge in [0.25, 0.3) is 0 Å². The molecule has 0 fully saturated rings. The quantitative estimate of drug-likeness (QED) is 0.411. The molecular weight excluding hydrogens is 445 g/mol. The van der Waals surface area contributed by atoms with Crippen LogP contribution in [0.15, 0.2) is 48.7 Å². The average molecular weight is 464 g/mol. The Balaban J connectivity index is 0.000000523. The van der Waals surface area contributed by atoms with Crippen molar-refractivity contribution >= 4 is 44.4 Å². The van der Waals surface area contributed by atoms with Crippen LogP contribution >= 0.6 is 11.3 Å². The minimum atomic E-state index is -4.40. The Bertz CT molecular complexity index is 1280. The first-order valence-electron chi connectivity index (χ1n) is 9.55. The molecule has 0 aliphatic carbocycles. The van der Waals surface area contributed by atoms with Crippen molar-refractivity contribution < 1.29 is 33.0 Å². The molecule has 32 heavy (non-hydrogen) atoms. The Morgan fingerprint density at radius 2 is 1.78 bits per heavy atom. The van der Waals surface area contributed by atoms with Gasteiger partial charge < -0.3 is 14.8 Å². The minimum absolute atomic E-state index is 0.157. The van der Waals surface area contributed by atoms with Gasteiger partial charge in [0.2, 0.25) is 0 Å². The van der Waals surface area contributed by atoms with E-state index >= 15 is 0 Å². The van der Waals surface area contributed by atoms with E-state index in [0.717, 1.165) is 28.6 Å². The number of carboxylic acids is 2. The molecule has 10 heteroatoms. The summed E-state index contributed by atoms with van der Waals surface area (Å²) in [6, 6.07) is 11.0. The minimum Gasteiger partial charge on any atom is -0.481 e. The number of hydrogen-bond acceptors (Lipinski definition) is 4. The van der Waals surface area contributed by atoms with Gasteiger partial charge in [0.1, 0.15) is 6.54 Å². The fourth-order valence-electron chi connectivity index (χ4n) is 3.13. The first-order chi connectivity index (χ1) is 15.1. The fourth-order valence-corrected chi connectivity index (χ4v) is 4.10. The average Bonchev–Trinajstić information content (AvgIpc) is 3.28. The van der Waals surface area contributed by atoms with Crippen LogP contribution in [-0.4, -0.2) is 31.7 Å². The Morgan fingerprint density at radius 1 is 1.09 bits per heavy atom. The van der Waals surface area contributed by atoms with Gasteiger partial charge >= 0.3 is 18.1 Å². The first kappa shape index (κ1) is 23.3. The van der Waals surface area contributed by atoms with E-state index in [4.69, 9.17) is 10.2 Å². The molecule has 0 aliphatic heterocycles. The van der Waals surface area contributed by atoms with Crippen LogP contribution in [0.4, 0.5) is 13.2 Å². The van der Waals surface area contributed by atoms with Crippen LogP contribution in [-0.2, 0) is 28.7 Å². The summed E-state index contributed by atoms with van der Waals surface area (Å²) in [6.07, 6.45) is -1.98. The lowest BCUT2D eigenvalue weighted by Gasteiger charge is -2.04. The number of halogens is 3. The molecule has 2 aromatic heterocycles. The maximum absolute atomic E-state index is 12.9. The van der Waals surface area contributed by atoms with E-state index in [1.807, 2.05) is 24.3 Å². The molecule has 2 heterocycles. The summed E-state index contributed by atoms with van der Waals surface area (Å²) >= 11 is 1.34. The summed E-state index contributed by atoms with van der Waals surface area (Å²) in [4.78, 5) is 24.8. The van der Waals surface area contributed by atoms with Gasteiger partial charge in [0, 0.05) is 29.9 Å². The second kappa shape index (κ2) is 9.39. The van der Waals surface area contributed by atoms with Crippen molar-refractivity contribution in [2.45, 2.75) is 32.5 Å². The molecule has 4 aromatic rings. The van der Waals surface area contributed by atoms with Gasteiger partial charge in [-0.3, -0.25) is 9.59 Å². The molecular formula is C22H19F3N2O4S. The Morgan fingerprint density at radius 3 is 2.41 bits per heavy atom. The maximum Gasteiger partial charge on any atom is 0.416 e. The molecule has 0 saturated heterocycles. The SMILES string of the molecule is CCC(=O)O.O=C(O)Cn1cc(Cc2nc3cc(C(F)(F)F)ccc3s2)c2ccccc21. The normalized spacial score (nSPS) is 11.4. The fraction of sp³-hybridized carbons (Fsp3) is 0.227. The lowest BCUT2D eigenvalue weighted by Crippen LogP contribution is -2.07. The maximum atomic E-state index is 12.9. The van der Waals surface area contributed by atoms with Gasteiger partial charge in [0.05, 0.1) is 20.8 Å². The van der Waals surface area contributed by atoms with Crippen molar-refractivity contribution in [2.24, 2.45) is 0 Å². The molecule has 2 N–H and O–H groups in total. The van der Waals surface area contributed by atoms with Crippen molar-refractivity contribution in [1.29, 1.82) is 0 Å². The number of carboxylic acid groups (broad SMARTS) is 2. The summed E-state index contributed by atoms with van der Waals surface area (Å²) in [6.45, 7) is 1.44. The Hall–Kier alpha value is -3.40. The van der Waals surface area contributed by atoms with Crippen molar-refractivity contribution in [1.82, 2.24) is 9.55 Å². The van der Waals surface area contributed by atoms with Crippen LogP contribution in [0.5, 0.6) is 0 Å². The van der Waals surface area contributed by atoms with Crippen molar-refractivity contribution in [3.05, 3.63) is 64.8 Å². The number of rotatable bonds is 5. The standard InChI is InChI=1S/C19H13F3N2O2S.C3H6O2/c20-19(21,22)12-5-6-16-14(8-12)23-17(27-16)7-11-9-24(10-18(25)26)15-4-2-1-3-13(11)15;1-2-3(4)5/h1-6,8-9H,7,10H2,(H,25,26);2H2,1H3,(H,4,5). The van der Waals surface area contributed by atoms with Gasteiger partial charge in [0.15, 0.2) is 0 Å². The summed E-state index contributed by atoms with van der Waals surface area (Å²) < 4.78 is 41.0. The molecule has 6 nitrogen and oxygen atoms in total. The molecule has 0 spiro atoms. The summed E-state index contributed by atoms with van der Waals surface area (Å²) in [7, 11) is 0. The molecule has 0 radical (unpaired) electrons. The number of para-hydroxylation sites is 1. The number of hydrogen-bond donors (Lipinski definition) is 2. The predicted molar refractivity (Wildman–Crippen MR) is 115 cm³/mol. The Labute approximate surface area is 184 Å². The predicted octanol–water partition coefficient (Wildman–Crippen LogP) is 5.43. The highest BCUT2D eigenvalue weighted by atomic mass is 32.1. The van der Waals surface area contributed by atoms with E-state index in [1.165, 1.54) is 17.4 Å². The van der Waals surface area contributed by atoms with Crippen LogP contribution in [0.2, 0.25) is 0 Å². The van der Waals surface area contributed by atoms with E-state index in [0.29, 0.717) is 21.6 Å². The molecule has 0 unspecified atom stereocenters. The number of thiazole rings is 1. The Kier molecular flexibility index (Phi) is 6.83. The van der Waals surface area contributed by atoms with E-state index in [1.54, 1.807) is 17.7 Å². The number of aliphatic carboxylic acids is 2. The number of carbonyl (C=O) groups is 2. The number of fused-ring (bicyclic) bond motifs is 2. The summed E-state index contributed by atoms with van der Waals surface area (Å²) in [5.41, 5.74) is 1.29. The zero-order valence-corrected chi connectivity index (χ0v) is 17.7. The van der Waals surface area contributed by atoms with Gasteiger partial charge in [-0.05, 0) is 29.8 Å². The van der Waals surface area contributed by atoms with E-state index in [-0.39, 0.29) is 13.0 Å². The highest BCUT2D eigenvalue weighted by molar-refractivity contribution is 7.18. The molecule has 2 aromatic carbocycles. The number of benzene rings is 2. The van der Waals surface area contributed by atoms with Gasteiger partial charge in [-0.2, -0.15) is 13.2 Å². The lowest BCUT2D eigenvalue weighted by molar-refractivity contribution is -0.138. The van der Waals surface area contributed by atoms with Crippen LogP contribution in [0.3, 0.4) is 0 Å². The van der Waals surface area contributed by atoms with Crippen LogP contribution < -0.4 is 0 Å². The van der Waals surface area contributed by atoms with Crippen LogP contribution in [0.1, 0.15) is 29.5 Å². The third-order valence-electron chi connectivity index (χ3n) is 4.58. The molecule has 0 aliphatic rings. The second-order valence-electron chi connectivity index (χ2n) is 6.91. The molecule has 168 valence electrons. The molecule has 0 atom stereocenters. The number of nitrogens with zero attached hydrogens (tertiary/aromatic N) is 2. The lowest BCUT2D eigenvalue weighted by atomic mass is 10.1. The van der Waals surface area contributed by atoms with Crippen molar-refractivity contribution in [2.75, 3.05) is 0 Å². The topological polar surface area (TPSA) is 92.4 Å². The van der Waals surface area contributed by atoms with Crippen LogP contribution in [0, 0.1) is 0 Å². The smallest absolute Gasteiger partial charge is 0.416 e. The zero-order chi connectivity index (χ0) is 23.5.